The zero-order valence-electron chi connectivity index (χ0n) is 18.5. The van der Waals surface area contributed by atoms with Gasteiger partial charge < -0.3 is 4.74 Å². The van der Waals surface area contributed by atoms with Crippen molar-refractivity contribution in [2.75, 3.05) is 0 Å². The van der Waals surface area contributed by atoms with Crippen LogP contribution >= 0.6 is 43.2 Å². The Labute approximate surface area is 213 Å². The van der Waals surface area contributed by atoms with Gasteiger partial charge in [0.25, 0.3) is 0 Å². The first-order valence-electron chi connectivity index (χ1n) is 11.4. The molecule has 1 fully saturated rings. The van der Waals surface area contributed by atoms with Crippen molar-refractivity contribution < 1.29 is 4.74 Å². The minimum Gasteiger partial charge on any atom is -0.477 e. The highest BCUT2D eigenvalue weighted by molar-refractivity contribution is 8.85. The molecule has 33 heavy (non-hydrogen) atoms. The van der Waals surface area contributed by atoms with Crippen LogP contribution in [0, 0.1) is 0 Å². The summed E-state index contributed by atoms with van der Waals surface area (Å²) < 4.78 is 6.83. The highest BCUT2D eigenvalue weighted by Gasteiger charge is 2.21. The largest absolute Gasteiger partial charge is 0.477 e. The van der Waals surface area contributed by atoms with Crippen molar-refractivity contribution >= 4 is 54.8 Å². The smallest absolute Gasteiger partial charge is 0.190 e. The van der Waals surface area contributed by atoms with E-state index >= 15 is 0 Å². The van der Waals surface area contributed by atoms with E-state index in [4.69, 9.17) is 9.73 Å². The molecule has 1 saturated carbocycles. The van der Waals surface area contributed by atoms with Crippen LogP contribution in [0.4, 0.5) is 5.69 Å². The third-order valence-corrected chi connectivity index (χ3v) is 11.5. The number of nitrogens with zero attached hydrogens (tertiary/aromatic N) is 1. The second-order valence-electron chi connectivity index (χ2n) is 7.84. The molecule has 4 rings (SSSR count). The van der Waals surface area contributed by atoms with Crippen LogP contribution < -0.4 is 0 Å². The summed E-state index contributed by atoms with van der Waals surface area (Å²) in [5.74, 6) is 0.862. The van der Waals surface area contributed by atoms with Crippen LogP contribution in [0.5, 0.6) is 0 Å². The minimum absolute atomic E-state index is 0.292. The van der Waals surface area contributed by atoms with Crippen LogP contribution in [0.2, 0.25) is 0 Å². The molecule has 0 atom stereocenters. The summed E-state index contributed by atoms with van der Waals surface area (Å²) in [5, 5.41) is 0. The first-order chi connectivity index (χ1) is 16.3. The summed E-state index contributed by atoms with van der Waals surface area (Å²) in [6.45, 7) is 0. The predicted octanol–water partition coefficient (Wildman–Crippen LogP) is 9.66. The number of benzene rings is 3. The number of para-hydroxylation sites is 1. The molecule has 3 aromatic carbocycles. The maximum absolute atomic E-state index is 6.53. The van der Waals surface area contributed by atoms with Crippen molar-refractivity contribution in [1.82, 2.24) is 0 Å². The van der Waals surface area contributed by atoms with Crippen molar-refractivity contribution in [3.63, 3.8) is 0 Å². The maximum atomic E-state index is 6.53. The van der Waals surface area contributed by atoms with Crippen molar-refractivity contribution in [2.45, 2.75) is 59.0 Å². The van der Waals surface area contributed by atoms with Crippen LogP contribution in [-0.2, 0) is 4.74 Å². The Kier molecular flexibility index (Phi) is 10.5. The molecule has 0 heterocycles. The summed E-state index contributed by atoms with van der Waals surface area (Å²) in [6, 6.07) is 31.4. The molecular weight excluding hydrogens is 483 g/mol. The van der Waals surface area contributed by atoms with Crippen LogP contribution in [0.1, 0.15) is 38.5 Å². The van der Waals surface area contributed by atoms with E-state index in [9.17, 15) is 0 Å². The second-order valence-corrected chi connectivity index (χ2v) is 13.1. The van der Waals surface area contributed by atoms with Gasteiger partial charge in [0.05, 0.1) is 10.3 Å². The molecule has 6 heteroatoms. The summed E-state index contributed by atoms with van der Waals surface area (Å²) >= 11 is 0. The van der Waals surface area contributed by atoms with Gasteiger partial charge >= 0.3 is 0 Å². The van der Waals surface area contributed by atoms with E-state index < -0.39 is 0 Å². The van der Waals surface area contributed by atoms with Gasteiger partial charge in [0.2, 0.25) is 0 Å². The molecule has 0 spiro atoms. The fraction of sp³-hybridized carbons (Fsp3) is 0.296. The lowest BCUT2D eigenvalue weighted by Gasteiger charge is -2.25. The molecular formula is C27H29NOS4. The van der Waals surface area contributed by atoms with Crippen LogP contribution in [0.25, 0.3) is 0 Å². The van der Waals surface area contributed by atoms with Crippen molar-refractivity contribution in [3.05, 3.63) is 91.0 Å². The van der Waals surface area contributed by atoms with Crippen LogP contribution in [0.15, 0.2) is 106 Å². The fourth-order valence-corrected chi connectivity index (χ4v) is 9.31. The third-order valence-electron chi connectivity index (χ3n) is 5.20. The number of hydrogen-bond donors (Lipinski definition) is 0. The quantitative estimate of drug-likeness (QED) is 0.117. The molecule has 1 aliphatic carbocycles. The lowest BCUT2D eigenvalue weighted by molar-refractivity contribution is 0.139. The van der Waals surface area contributed by atoms with E-state index in [-0.39, 0.29) is 0 Å². The number of ether oxygens (including phenoxy) is 1. The van der Waals surface area contributed by atoms with Gasteiger partial charge in [-0.05, 0) is 62.1 Å². The van der Waals surface area contributed by atoms with Crippen LogP contribution in [0.3, 0.4) is 0 Å². The summed E-state index contributed by atoms with van der Waals surface area (Å²) in [4.78, 5) is 7.49. The summed E-state index contributed by atoms with van der Waals surface area (Å²) in [5.41, 5.74) is 0.962. The van der Waals surface area contributed by atoms with Gasteiger partial charge in [-0.15, -0.1) is 0 Å². The molecule has 2 nitrogen and oxygen atoms in total. The molecule has 0 amide bonds. The van der Waals surface area contributed by atoms with E-state index in [1.165, 1.54) is 29.1 Å². The highest BCUT2D eigenvalue weighted by Crippen LogP contribution is 2.47. The maximum Gasteiger partial charge on any atom is 0.190 e. The van der Waals surface area contributed by atoms with Gasteiger partial charge in [0.15, 0.2) is 5.90 Å². The molecule has 0 radical (unpaired) electrons. The van der Waals surface area contributed by atoms with Crippen LogP contribution in [-0.4, -0.2) is 16.6 Å². The van der Waals surface area contributed by atoms with Crippen molar-refractivity contribution in [2.24, 2.45) is 4.99 Å². The Bertz CT molecular complexity index is 920. The average Bonchev–Trinajstić information content (AvgIpc) is 2.88. The third kappa shape index (κ3) is 9.01. The Balaban J connectivity index is 1.48. The van der Waals surface area contributed by atoms with Gasteiger partial charge in [-0.3, -0.25) is 0 Å². The number of hydrogen-bond acceptors (Lipinski definition) is 6. The Morgan fingerprint density at radius 3 is 1.79 bits per heavy atom. The van der Waals surface area contributed by atoms with Gasteiger partial charge in [-0.25, -0.2) is 4.99 Å². The van der Waals surface area contributed by atoms with E-state index in [0.29, 0.717) is 10.7 Å². The molecule has 0 aromatic heterocycles. The zero-order valence-corrected chi connectivity index (χ0v) is 21.8. The molecule has 0 bridgehead atoms. The Hall–Kier alpha value is -1.47. The van der Waals surface area contributed by atoms with Crippen molar-refractivity contribution in [3.8, 4) is 0 Å². The standard InChI is InChI=1S/C27H29NOS4/c1-5-13-22(14-6-1)28-26(29-23-15-7-2-8-16-23)21-27(32-30-24-17-9-3-10-18-24)33-31-25-19-11-4-12-20-25/h1,3-6,9-14,17-20,23,27H,2,7-8,15-16,21H2. The van der Waals surface area contributed by atoms with E-state index in [2.05, 4.69) is 72.8 Å². The highest BCUT2D eigenvalue weighted by atomic mass is 33.1. The van der Waals surface area contributed by atoms with E-state index in [1.807, 2.05) is 61.4 Å². The molecule has 0 saturated heterocycles. The summed E-state index contributed by atoms with van der Waals surface area (Å²) in [7, 11) is 7.45. The first kappa shape index (κ1) is 24.6. The average molecular weight is 512 g/mol. The Morgan fingerprint density at radius 2 is 1.24 bits per heavy atom. The van der Waals surface area contributed by atoms with Crippen molar-refractivity contribution in [1.29, 1.82) is 0 Å². The second kappa shape index (κ2) is 14.1. The lowest BCUT2D eigenvalue weighted by atomic mass is 9.98. The number of rotatable bonds is 10. The molecule has 0 N–H and O–H groups in total. The predicted molar refractivity (Wildman–Crippen MR) is 150 cm³/mol. The lowest BCUT2D eigenvalue weighted by Crippen LogP contribution is -2.22. The summed E-state index contributed by atoms with van der Waals surface area (Å²) in [6.07, 6.45) is 7.18. The Morgan fingerprint density at radius 1 is 0.727 bits per heavy atom. The van der Waals surface area contributed by atoms with E-state index in [0.717, 1.165) is 30.8 Å². The van der Waals surface area contributed by atoms with Gasteiger partial charge in [0.1, 0.15) is 6.10 Å². The number of aliphatic imine (C=N–C) groups is 1. The topological polar surface area (TPSA) is 21.6 Å². The first-order valence-corrected chi connectivity index (χ1v) is 15.8. The minimum atomic E-state index is 0.292. The molecule has 0 aliphatic heterocycles. The molecule has 3 aromatic rings. The van der Waals surface area contributed by atoms with Gasteiger partial charge in [-0.1, -0.05) is 104 Å². The van der Waals surface area contributed by atoms with Gasteiger partial charge in [0, 0.05) is 16.2 Å². The van der Waals surface area contributed by atoms with E-state index in [1.54, 1.807) is 0 Å². The zero-order chi connectivity index (χ0) is 22.6. The fourth-order valence-electron chi connectivity index (χ4n) is 3.54. The molecule has 0 unspecified atom stereocenters. The SMILES string of the molecule is c1ccc(N=C(CC(SSc2ccccc2)SSc2ccccc2)OC2CCCCC2)cc1. The molecule has 172 valence electrons. The monoisotopic (exact) mass is 511 g/mol. The van der Waals surface area contributed by atoms with Gasteiger partial charge in [-0.2, -0.15) is 0 Å². The molecule has 1 aliphatic rings. The normalized spacial score (nSPS) is 15.0.